The zero-order valence-electron chi connectivity index (χ0n) is 15.0. The Morgan fingerprint density at radius 1 is 1.00 bits per heavy atom. The van der Waals surface area contributed by atoms with Crippen LogP contribution in [0.4, 0.5) is 0 Å². The molecule has 0 saturated carbocycles. The predicted octanol–water partition coefficient (Wildman–Crippen LogP) is 3.51. The maximum atomic E-state index is 6.20. The second-order valence-electron chi connectivity index (χ2n) is 7.94. The third-order valence-corrected chi connectivity index (χ3v) is 5.22. The average Bonchev–Trinajstić information content (AvgIpc) is 2.57. The largest absolute Gasteiger partial charge is 0.494 e. The minimum atomic E-state index is -0.316. The Kier molecular flexibility index (Phi) is 4.76. The van der Waals surface area contributed by atoms with E-state index in [1.165, 1.54) is 10.5 Å². The van der Waals surface area contributed by atoms with Gasteiger partial charge in [0.1, 0.15) is 0 Å². The first-order chi connectivity index (χ1) is 9.96. The Hall–Kier alpha value is -0.485. The summed E-state index contributed by atoms with van der Waals surface area (Å²) in [4.78, 5) is 1.18. The molecule has 0 atom stereocenters. The van der Waals surface area contributed by atoms with E-state index in [2.05, 4.69) is 71.4 Å². The van der Waals surface area contributed by atoms with Gasteiger partial charge in [-0.1, -0.05) is 26.8 Å². The molecule has 122 valence electrons. The number of hydrogen-bond donors (Lipinski definition) is 1. The van der Waals surface area contributed by atoms with Crippen LogP contribution in [0.15, 0.2) is 23.1 Å². The van der Waals surface area contributed by atoms with Gasteiger partial charge in [0, 0.05) is 4.90 Å². The number of rotatable bonds is 3. The summed E-state index contributed by atoms with van der Waals surface area (Å²) in [6.07, 6.45) is 0. The van der Waals surface area contributed by atoms with E-state index in [0.29, 0.717) is 0 Å². The van der Waals surface area contributed by atoms with Crippen molar-refractivity contribution in [2.75, 3.05) is 7.05 Å². The van der Waals surface area contributed by atoms with Gasteiger partial charge >= 0.3 is 7.12 Å². The van der Waals surface area contributed by atoms with Crippen molar-refractivity contribution in [1.29, 1.82) is 0 Å². The van der Waals surface area contributed by atoms with E-state index in [9.17, 15) is 0 Å². The van der Waals surface area contributed by atoms with Crippen LogP contribution in [0.25, 0.3) is 0 Å². The Balaban J connectivity index is 2.41. The molecule has 1 fully saturated rings. The van der Waals surface area contributed by atoms with Crippen LogP contribution in [0, 0.1) is 0 Å². The molecule has 1 N–H and O–H groups in total. The molecule has 1 aliphatic rings. The molecule has 0 unspecified atom stereocenters. The van der Waals surface area contributed by atoms with Gasteiger partial charge < -0.3 is 9.31 Å². The molecule has 1 aromatic rings. The van der Waals surface area contributed by atoms with Gasteiger partial charge in [-0.15, -0.1) is 0 Å². The molecule has 1 aliphatic heterocycles. The molecule has 0 radical (unpaired) electrons. The van der Waals surface area contributed by atoms with Crippen LogP contribution in [-0.4, -0.2) is 25.4 Å². The van der Waals surface area contributed by atoms with Gasteiger partial charge in [-0.25, -0.2) is 0 Å². The van der Waals surface area contributed by atoms with Crippen molar-refractivity contribution in [3.8, 4) is 0 Å². The van der Waals surface area contributed by atoms with Crippen LogP contribution in [-0.2, 0) is 14.7 Å². The van der Waals surface area contributed by atoms with Gasteiger partial charge in [0.25, 0.3) is 0 Å². The molecule has 5 heteroatoms. The van der Waals surface area contributed by atoms with Crippen LogP contribution in [0.1, 0.15) is 54.0 Å². The second kappa shape index (κ2) is 5.86. The van der Waals surface area contributed by atoms with Crippen LogP contribution < -0.4 is 10.2 Å². The van der Waals surface area contributed by atoms with Gasteiger partial charge in [-0.3, -0.25) is 4.72 Å². The van der Waals surface area contributed by atoms with E-state index in [1.54, 1.807) is 11.9 Å². The fourth-order valence-electron chi connectivity index (χ4n) is 2.35. The maximum absolute atomic E-state index is 6.20. The van der Waals surface area contributed by atoms with E-state index < -0.39 is 0 Å². The zero-order chi connectivity index (χ0) is 16.8. The van der Waals surface area contributed by atoms with E-state index in [4.69, 9.17) is 9.31 Å². The number of benzene rings is 1. The maximum Gasteiger partial charge on any atom is 0.494 e. The molecule has 0 aromatic heterocycles. The lowest BCUT2D eigenvalue weighted by Crippen LogP contribution is -2.41. The topological polar surface area (TPSA) is 30.5 Å². The minimum absolute atomic E-state index is 0.0860. The zero-order valence-corrected chi connectivity index (χ0v) is 15.9. The van der Waals surface area contributed by atoms with E-state index in [1.807, 2.05) is 7.05 Å². The first kappa shape index (κ1) is 17.9. The van der Waals surface area contributed by atoms with Crippen molar-refractivity contribution in [2.24, 2.45) is 0 Å². The summed E-state index contributed by atoms with van der Waals surface area (Å²) < 4.78 is 15.5. The van der Waals surface area contributed by atoms with Crippen LogP contribution in [0.5, 0.6) is 0 Å². The van der Waals surface area contributed by atoms with Gasteiger partial charge in [-0.2, -0.15) is 0 Å². The lowest BCUT2D eigenvalue weighted by molar-refractivity contribution is 0.00578. The highest BCUT2D eigenvalue weighted by molar-refractivity contribution is 7.97. The summed E-state index contributed by atoms with van der Waals surface area (Å²) >= 11 is 1.62. The number of nitrogens with one attached hydrogen (secondary N) is 1. The summed E-state index contributed by atoms with van der Waals surface area (Å²) in [7, 11) is 1.62. The molecule has 0 spiro atoms. The van der Waals surface area contributed by atoms with Crippen LogP contribution >= 0.6 is 11.9 Å². The predicted molar refractivity (Wildman–Crippen MR) is 95.8 cm³/mol. The molecule has 1 saturated heterocycles. The van der Waals surface area contributed by atoms with Gasteiger partial charge in [0.05, 0.1) is 11.2 Å². The minimum Gasteiger partial charge on any atom is -0.399 e. The van der Waals surface area contributed by atoms with Crippen LogP contribution in [0.3, 0.4) is 0 Å². The first-order valence-corrected chi connectivity index (χ1v) is 8.63. The molecule has 3 nitrogen and oxygen atoms in total. The van der Waals surface area contributed by atoms with Gasteiger partial charge in [-0.05, 0) is 75.3 Å². The molecular weight excluding hydrogens is 293 g/mol. The van der Waals surface area contributed by atoms with Crippen molar-refractivity contribution in [3.63, 3.8) is 0 Å². The third-order valence-electron chi connectivity index (χ3n) is 4.54. The SMILES string of the molecule is CNSc1cc(B2OC(C)(C)C(C)(C)O2)cc(C(C)(C)C)c1. The first-order valence-electron chi connectivity index (χ1n) is 7.81. The highest BCUT2D eigenvalue weighted by Crippen LogP contribution is 2.37. The lowest BCUT2D eigenvalue weighted by atomic mass is 9.75. The molecule has 1 heterocycles. The fraction of sp³-hybridized carbons (Fsp3) is 0.647. The van der Waals surface area contributed by atoms with Gasteiger partial charge in [0.2, 0.25) is 0 Å². The summed E-state index contributed by atoms with van der Waals surface area (Å²) in [5.41, 5.74) is 1.83. The summed E-state index contributed by atoms with van der Waals surface area (Å²) in [5, 5.41) is 0. The molecule has 1 aromatic carbocycles. The Labute approximate surface area is 139 Å². The van der Waals surface area contributed by atoms with Gasteiger partial charge in [0.15, 0.2) is 0 Å². The Bertz CT molecular complexity index is 536. The Morgan fingerprint density at radius 2 is 1.55 bits per heavy atom. The van der Waals surface area contributed by atoms with E-state index >= 15 is 0 Å². The summed E-state index contributed by atoms with van der Waals surface area (Å²) in [6.45, 7) is 15.0. The smallest absolute Gasteiger partial charge is 0.399 e. The average molecular weight is 321 g/mol. The Morgan fingerprint density at radius 3 is 2.00 bits per heavy atom. The molecule has 0 amide bonds. The molecule has 2 rings (SSSR count). The highest BCUT2D eigenvalue weighted by atomic mass is 32.2. The van der Waals surface area contributed by atoms with Crippen molar-refractivity contribution < 1.29 is 9.31 Å². The fourth-order valence-corrected chi connectivity index (χ4v) is 2.96. The van der Waals surface area contributed by atoms with E-state index in [0.717, 1.165) is 5.46 Å². The summed E-state index contributed by atoms with van der Waals surface area (Å²) in [5.74, 6) is 0. The quantitative estimate of drug-likeness (QED) is 0.682. The van der Waals surface area contributed by atoms with Crippen molar-refractivity contribution in [2.45, 2.75) is 70.0 Å². The molecular formula is C17H28BNO2S. The third kappa shape index (κ3) is 3.53. The second-order valence-corrected chi connectivity index (χ2v) is 9.02. The van der Waals surface area contributed by atoms with Crippen molar-refractivity contribution in [3.05, 3.63) is 23.8 Å². The number of hydrogen-bond acceptors (Lipinski definition) is 4. The van der Waals surface area contributed by atoms with E-state index in [-0.39, 0.29) is 23.7 Å². The monoisotopic (exact) mass is 321 g/mol. The van der Waals surface area contributed by atoms with Crippen LogP contribution in [0.2, 0.25) is 0 Å². The molecule has 0 aliphatic carbocycles. The normalized spacial score (nSPS) is 20.5. The van der Waals surface area contributed by atoms with Crippen molar-refractivity contribution in [1.82, 2.24) is 4.72 Å². The summed E-state index contributed by atoms with van der Waals surface area (Å²) in [6, 6.07) is 6.59. The standard InChI is InChI=1S/C17H28BNO2S/c1-15(2,3)12-9-13(11-14(10-12)22-19-8)18-20-16(4,5)17(6,7)21-18/h9-11,19H,1-8H3. The van der Waals surface area contributed by atoms with Crippen molar-refractivity contribution >= 4 is 24.5 Å². The lowest BCUT2D eigenvalue weighted by Gasteiger charge is -2.32. The highest BCUT2D eigenvalue weighted by Gasteiger charge is 2.51. The molecule has 22 heavy (non-hydrogen) atoms. The molecule has 0 bridgehead atoms.